The van der Waals surface area contributed by atoms with Crippen LogP contribution in [0.15, 0.2) is 18.2 Å². The molecule has 1 fully saturated rings. The van der Waals surface area contributed by atoms with Gasteiger partial charge in [0.05, 0.1) is 0 Å². The molecular formula is C15H17FN2O2. The van der Waals surface area contributed by atoms with Gasteiger partial charge in [-0.2, -0.15) is 0 Å². The molecule has 5 heteroatoms. The van der Waals surface area contributed by atoms with Crippen molar-refractivity contribution < 1.29 is 14.3 Å². The number of aromatic nitrogens is 1. The van der Waals surface area contributed by atoms with Crippen LogP contribution >= 0.6 is 0 Å². The third kappa shape index (κ3) is 2.18. The number of fused-ring (bicyclic) bond motifs is 1. The minimum Gasteiger partial charge on any atom is -0.396 e. The van der Waals surface area contributed by atoms with E-state index in [9.17, 15) is 9.18 Å². The van der Waals surface area contributed by atoms with Gasteiger partial charge < -0.3 is 15.4 Å². The summed E-state index contributed by atoms with van der Waals surface area (Å²) in [6.45, 7) is 2.03. The van der Waals surface area contributed by atoms with Gasteiger partial charge in [0.25, 0.3) is 5.91 Å². The number of H-pyrrole nitrogens is 1. The molecule has 0 bridgehead atoms. The van der Waals surface area contributed by atoms with E-state index in [1.807, 2.05) is 6.92 Å². The molecule has 1 aromatic carbocycles. The maximum Gasteiger partial charge on any atom is 0.268 e. The van der Waals surface area contributed by atoms with E-state index in [0.717, 1.165) is 23.8 Å². The number of nitrogens with one attached hydrogen (secondary N) is 2. The molecule has 1 heterocycles. The van der Waals surface area contributed by atoms with Gasteiger partial charge in [-0.05, 0) is 49.4 Å². The van der Waals surface area contributed by atoms with Gasteiger partial charge in [0, 0.05) is 23.6 Å². The maximum absolute atomic E-state index is 13.2. The molecule has 1 saturated carbocycles. The lowest BCUT2D eigenvalue weighted by molar-refractivity contribution is 0.0828. The first kappa shape index (κ1) is 13.1. The standard InChI is InChI=1S/C15H17FN2O2/c1-8-12-3-2-10(16)6-13(12)18-14(8)15(20)17-11-4-9(5-11)7-19/h2-3,6,9,11,18-19H,4-5,7H2,1H3,(H,17,20). The quantitative estimate of drug-likeness (QED) is 0.804. The molecule has 1 aliphatic carbocycles. The van der Waals surface area contributed by atoms with Crippen LogP contribution in [0.4, 0.5) is 4.39 Å². The van der Waals surface area contributed by atoms with Gasteiger partial charge in [-0.15, -0.1) is 0 Å². The summed E-state index contributed by atoms with van der Waals surface area (Å²) in [5.74, 6) is -0.186. The molecule has 0 atom stereocenters. The topological polar surface area (TPSA) is 65.1 Å². The summed E-state index contributed by atoms with van der Waals surface area (Å²) in [6, 6.07) is 4.59. The minimum atomic E-state index is -0.324. The average molecular weight is 276 g/mol. The molecule has 3 N–H and O–H groups in total. The number of aryl methyl sites for hydroxylation is 1. The van der Waals surface area contributed by atoms with Gasteiger partial charge in [0.1, 0.15) is 11.5 Å². The zero-order valence-electron chi connectivity index (χ0n) is 11.2. The lowest BCUT2D eigenvalue weighted by Gasteiger charge is -2.34. The fraction of sp³-hybridized carbons (Fsp3) is 0.400. The number of amides is 1. The Morgan fingerprint density at radius 2 is 2.25 bits per heavy atom. The lowest BCUT2D eigenvalue weighted by atomic mass is 9.81. The highest BCUT2D eigenvalue weighted by Crippen LogP contribution is 2.28. The second-order valence-electron chi connectivity index (χ2n) is 5.51. The van der Waals surface area contributed by atoms with E-state index in [1.54, 1.807) is 6.07 Å². The number of hydrogen-bond donors (Lipinski definition) is 3. The van der Waals surface area contributed by atoms with Crippen LogP contribution in [0.3, 0.4) is 0 Å². The van der Waals surface area contributed by atoms with Gasteiger partial charge in [-0.25, -0.2) is 4.39 Å². The number of rotatable bonds is 3. The third-order valence-electron chi connectivity index (χ3n) is 4.08. The summed E-state index contributed by atoms with van der Waals surface area (Å²) in [5.41, 5.74) is 1.95. The first-order valence-electron chi connectivity index (χ1n) is 6.78. The van der Waals surface area contributed by atoms with Crippen LogP contribution < -0.4 is 5.32 Å². The first-order valence-corrected chi connectivity index (χ1v) is 6.78. The van der Waals surface area contributed by atoms with E-state index >= 15 is 0 Å². The normalized spacial score (nSPS) is 21.8. The van der Waals surface area contributed by atoms with Crippen molar-refractivity contribution in [3.05, 3.63) is 35.3 Å². The number of aromatic amines is 1. The van der Waals surface area contributed by atoms with E-state index in [2.05, 4.69) is 10.3 Å². The van der Waals surface area contributed by atoms with Crippen LogP contribution in [0.2, 0.25) is 0 Å². The van der Waals surface area contributed by atoms with Crippen molar-refractivity contribution in [2.24, 2.45) is 5.92 Å². The second-order valence-corrected chi connectivity index (χ2v) is 5.51. The van der Waals surface area contributed by atoms with Crippen LogP contribution in [-0.2, 0) is 0 Å². The van der Waals surface area contributed by atoms with Gasteiger partial charge in [-0.3, -0.25) is 4.79 Å². The van der Waals surface area contributed by atoms with Crippen LogP contribution in [0.5, 0.6) is 0 Å². The molecule has 0 spiro atoms. The molecule has 4 nitrogen and oxygen atoms in total. The number of benzene rings is 1. The number of carbonyl (C=O) groups excluding carboxylic acids is 1. The molecule has 106 valence electrons. The van der Waals surface area contributed by atoms with Gasteiger partial charge in [0.2, 0.25) is 0 Å². The summed E-state index contributed by atoms with van der Waals surface area (Å²) < 4.78 is 13.2. The number of hydrogen-bond acceptors (Lipinski definition) is 2. The molecule has 2 aromatic rings. The van der Waals surface area contributed by atoms with Crippen molar-refractivity contribution in [1.82, 2.24) is 10.3 Å². The smallest absolute Gasteiger partial charge is 0.268 e. The lowest BCUT2D eigenvalue weighted by Crippen LogP contribution is -2.45. The summed E-state index contributed by atoms with van der Waals surface area (Å²) in [4.78, 5) is 15.2. The summed E-state index contributed by atoms with van der Waals surface area (Å²) in [7, 11) is 0. The zero-order valence-corrected chi connectivity index (χ0v) is 11.2. The van der Waals surface area contributed by atoms with Gasteiger partial charge >= 0.3 is 0 Å². The van der Waals surface area contributed by atoms with Crippen LogP contribution in [-0.4, -0.2) is 28.6 Å². The first-order chi connectivity index (χ1) is 9.58. The Bertz CT molecular complexity index is 659. The van der Waals surface area contributed by atoms with Crippen molar-refractivity contribution in [2.75, 3.05) is 6.61 Å². The van der Waals surface area contributed by atoms with Crippen LogP contribution in [0.1, 0.15) is 28.9 Å². The molecule has 0 saturated heterocycles. The number of carbonyl (C=O) groups is 1. The van der Waals surface area contributed by atoms with E-state index in [1.165, 1.54) is 12.1 Å². The van der Waals surface area contributed by atoms with Crippen molar-refractivity contribution in [1.29, 1.82) is 0 Å². The molecule has 0 aliphatic heterocycles. The predicted molar refractivity (Wildman–Crippen MR) is 74.1 cm³/mol. The minimum absolute atomic E-state index is 0.127. The molecule has 1 aromatic heterocycles. The fourth-order valence-electron chi connectivity index (χ4n) is 2.80. The van der Waals surface area contributed by atoms with E-state index in [0.29, 0.717) is 17.1 Å². The predicted octanol–water partition coefficient (Wildman–Crippen LogP) is 2.12. The molecule has 0 unspecified atom stereocenters. The largest absolute Gasteiger partial charge is 0.396 e. The van der Waals surface area contributed by atoms with Gasteiger partial charge in [-0.1, -0.05) is 0 Å². The van der Waals surface area contributed by atoms with Gasteiger partial charge in [0.15, 0.2) is 0 Å². The molecule has 20 heavy (non-hydrogen) atoms. The van der Waals surface area contributed by atoms with Crippen LogP contribution in [0.25, 0.3) is 10.9 Å². The molecule has 0 radical (unpaired) electrons. The fourth-order valence-corrected chi connectivity index (χ4v) is 2.80. The summed E-state index contributed by atoms with van der Waals surface area (Å²) in [5, 5.41) is 12.8. The summed E-state index contributed by atoms with van der Waals surface area (Å²) in [6.07, 6.45) is 1.63. The Morgan fingerprint density at radius 3 is 2.95 bits per heavy atom. The number of aliphatic hydroxyl groups is 1. The molecule has 3 rings (SSSR count). The monoisotopic (exact) mass is 276 g/mol. The third-order valence-corrected chi connectivity index (χ3v) is 4.08. The Balaban J connectivity index is 1.79. The molecule has 1 amide bonds. The summed E-state index contributed by atoms with van der Waals surface area (Å²) >= 11 is 0. The highest BCUT2D eigenvalue weighted by molar-refractivity contribution is 6.01. The Kier molecular flexibility index (Phi) is 3.22. The van der Waals surface area contributed by atoms with Crippen molar-refractivity contribution >= 4 is 16.8 Å². The Hall–Kier alpha value is -1.88. The second kappa shape index (κ2) is 4.90. The number of aliphatic hydroxyl groups excluding tert-OH is 1. The van der Waals surface area contributed by atoms with E-state index < -0.39 is 0 Å². The maximum atomic E-state index is 13.2. The SMILES string of the molecule is Cc1c(C(=O)NC2CC(CO)C2)[nH]c2cc(F)ccc12. The van der Waals surface area contributed by atoms with Crippen molar-refractivity contribution in [2.45, 2.75) is 25.8 Å². The van der Waals surface area contributed by atoms with Crippen molar-refractivity contribution in [3.8, 4) is 0 Å². The Labute approximate surface area is 116 Å². The highest BCUT2D eigenvalue weighted by Gasteiger charge is 2.30. The van der Waals surface area contributed by atoms with E-state index in [4.69, 9.17) is 5.11 Å². The molecule has 1 aliphatic rings. The zero-order chi connectivity index (χ0) is 14.3. The molecular weight excluding hydrogens is 259 g/mol. The Morgan fingerprint density at radius 1 is 1.50 bits per heavy atom. The number of halogens is 1. The van der Waals surface area contributed by atoms with E-state index in [-0.39, 0.29) is 24.4 Å². The van der Waals surface area contributed by atoms with Crippen LogP contribution in [0, 0.1) is 18.7 Å². The average Bonchev–Trinajstić information content (AvgIpc) is 2.70. The highest BCUT2D eigenvalue weighted by atomic mass is 19.1. The van der Waals surface area contributed by atoms with Crippen molar-refractivity contribution in [3.63, 3.8) is 0 Å².